The van der Waals surface area contributed by atoms with Gasteiger partial charge in [-0.1, -0.05) is 30.0 Å². The zero-order valence-corrected chi connectivity index (χ0v) is 21.2. The number of hydrogen-bond acceptors (Lipinski definition) is 5. The highest BCUT2D eigenvalue weighted by Crippen LogP contribution is 2.28. The minimum absolute atomic E-state index is 0.0406. The maximum absolute atomic E-state index is 12.3. The van der Waals surface area contributed by atoms with Crippen molar-refractivity contribution >= 4 is 28.6 Å². The van der Waals surface area contributed by atoms with Crippen molar-refractivity contribution in [1.29, 1.82) is 0 Å². The van der Waals surface area contributed by atoms with E-state index in [0.29, 0.717) is 19.4 Å². The monoisotopic (exact) mass is 478 g/mol. The lowest BCUT2D eigenvalue weighted by atomic mass is 9.95. The summed E-state index contributed by atoms with van der Waals surface area (Å²) in [5.74, 6) is 6.54. The van der Waals surface area contributed by atoms with Crippen molar-refractivity contribution in [3.8, 4) is 28.7 Å². The Bertz CT molecular complexity index is 1120. The van der Waals surface area contributed by atoms with E-state index in [0.717, 1.165) is 11.3 Å². The molecule has 5 heteroatoms. The number of allylic oxidation sites excluding steroid dienone is 2. The summed E-state index contributed by atoms with van der Waals surface area (Å²) in [6.07, 6.45) is 4.94. The SMILES string of the molecule is COC(=O)C(C/C=C/C#CC(C)(C)C)Cc1cccc(OCc2cc(-c3ccsc3)cs2)c1. The minimum Gasteiger partial charge on any atom is -0.488 e. The van der Waals surface area contributed by atoms with Crippen LogP contribution >= 0.6 is 22.7 Å². The smallest absolute Gasteiger partial charge is 0.309 e. The number of carbonyl (C=O) groups is 1. The Labute approximate surface area is 205 Å². The number of rotatable bonds is 9. The van der Waals surface area contributed by atoms with Gasteiger partial charge in [0, 0.05) is 10.3 Å². The number of esters is 1. The summed E-state index contributed by atoms with van der Waals surface area (Å²) in [7, 11) is 1.43. The van der Waals surface area contributed by atoms with Gasteiger partial charge in [0.1, 0.15) is 12.4 Å². The molecule has 3 nitrogen and oxygen atoms in total. The largest absolute Gasteiger partial charge is 0.488 e. The Morgan fingerprint density at radius 1 is 1.15 bits per heavy atom. The van der Waals surface area contributed by atoms with Crippen LogP contribution in [-0.2, 0) is 22.6 Å². The summed E-state index contributed by atoms with van der Waals surface area (Å²) in [4.78, 5) is 13.5. The van der Waals surface area contributed by atoms with Gasteiger partial charge in [-0.15, -0.1) is 11.3 Å². The summed E-state index contributed by atoms with van der Waals surface area (Å²) in [5, 5.41) is 6.41. The highest BCUT2D eigenvalue weighted by atomic mass is 32.1. The van der Waals surface area contributed by atoms with Crippen molar-refractivity contribution in [3.63, 3.8) is 0 Å². The van der Waals surface area contributed by atoms with Gasteiger partial charge in [0.05, 0.1) is 13.0 Å². The summed E-state index contributed by atoms with van der Waals surface area (Å²) >= 11 is 3.40. The maximum atomic E-state index is 12.3. The normalized spacial score (nSPS) is 12.2. The van der Waals surface area contributed by atoms with Crippen molar-refractivity contribution in [2.45, 2.75) is 40.2 Å². The van der Waals surface area contributed by atoms with Crippen LogP contribution in [0.1, 0.15) is 37.6 Å². The van der Waals surface area contributed by atoms with Crippen molar-refractivity contribution in [3.05, 3.63) is 75.1 Å². The van der Waals surface area contributed by atoms with Crippen LogP contribution in [0.5, 0.6) is 5.75 Å². The lowest BCUT2D eigenvalue weighted by Gasteiger charge is -2.13. The molecule has 1 unspecified atom stereocenters. The number of carbonyl (C=O) groups excluding carboxylic acids is 1. The first kappa shape index (κ1) is 24.8. The van der Waals surface area contributed by atoms with E-state index in [1.165, 1.54) is 23.1 Å². The quantitative estimate of drug-likeness (QED) is 0.238. The number of thiophene rings is 2. The van der Waals surface area contributed by atoms with Gasteiger partial charge in [-0.3, -0.25) is 4.79 Å². The van der Waals surface area contributed by atoms with Crippen LogP contribution < -0.4 is 4.74 Å². The maximum Gasteiger partial charge on any atom is 0.309 e. The molecular weight excluding hydrogens is 448 g/mol. The van der Waals surface area contributed by atoms with Crippen LogP contribution in [0.25, 0.3) is 11.1 Å². The average molecular weight is 479 g/mol. The molecule has 0 aliphatic heterocycles. The van der Waals surface area contributed by atoms with E-state index in [1.54, 1.807) is 22.7 Å². The van der Waals surface area contributed by atoms with Gasteiger partial charge in [0.15, 0.2) is 0 Å². The number of benzene rings is 1. The molecule has 0 radical (unpaired) electrons. The first-order chi connectivity index (χ1) is 15.8. The molecule has 0 bridgehead atoms. The fourth-order valence-corrected chi connectivity index (χ4v) is 4.69. The first-order valence-electron chi connectivity index (χ1n) is 10.9. The molecule has 3 rings (SSSR count). The Morgan fingerprint density at radius 3 is 2.73 bits per heavy atom. The van der Waals surface area contributed by atoms with Crippen molar-refractivity contribution in [2.24, 2.45) is 11.3 Å². The molecule has 0 aliphatic rings. The van der Waals surface area contributed by atoms with Gasteiger partial charge >= 0.3 is 5.97 Å². The standard InChI is InChI=1S/C28H30O3S2/c1-28(2,3)13-7-5-6-10-22(27(29)30-4)15-21-9-8-11-25(16-21)31-18-26-17-24(20-33-26)23-12-14-32-19-23/h5-6,8-9,11-12,14,16-17,19-20,22H,10,15,18H2,1-4H3/b6-5+. The fourth-order valence-electron chi connectivity index (χ4n) is 3.22. The Balaban J connectivity index is 1.60. The molecule has 1 atom stereocenters. The Hall–Kier alpha value is -2.81. The van der Waals surface area contributed by atoms with Crippen LogP contribution in [0.15, 0.2) is 64.7 Å². The van der Waals surface area contributed by atoms with E-state index in [2.05, 4.69) is 60.9 Å². The lowest BCUT2D eigenvalue weighted by molar-refractivity contribution is -0.145. The Kier molecular flexibility index (Phi) is 8.94. The van der Waals surface area contributed by atoms with Gasteiger partial charge < -0.3 is 9.47 Å². The third kappa shape index (κ3) is 8.24. The van der Waals surface area contributed by atoms with E-state index < -0.39 is 0 Å². The van der Waals surface area contributed by atoms with Crippen LogP contribution in [0.4, 0.5) is 0 Å². The molecule has 0 spiro atoms. The molecule has 0 amide bonds. The highest BCUT2D eigenvalue weighted by Gasteiger charge is 2.18. The molecule has 0 saturated carbocycles. The van der Waals surface area contributed by atoms with Crippen molar-refractivity contribution in [1.82, 2.24) is 0 Å². The summed E-state index contributed by atoms with van der Waals surface area (Å²) in [6, 6.07) is 12.3. The summed E-state index contributed by atoms with van der Waals surface area (Å²) < 4.78 is 11.1. The molecule has 33 heavy (non-hydrogen) atoms. The number of methoxy groups -OCH3 is 1. The Morgan fingerprint density at radius 2 is 2.00 bits per heavy atom. The van der Waals surface area contributed by atoms with Crippen molar-refractivity contribution in [2.75, 3.05) is 7.11 Å². The fraction of sp³-hybridized carbons (Fsp3) is 0.321. The second-order valence-corrected chi connectivity index (χ2v) is 10.6. The van der Waals surface area contributed by atoms with Gasteiger partial charge in [0.25, 0.3) is 0 Å². The van der Waals surface area contributed by atoms with Crippen LogP contribution in [0.3, 0.4) is 0 Å². The second-order valence-electron chi connectivity index (χ2n) is 8.83. The first-order valence-corrected chi connectivity index (χ1v) is 12.7. The van der Waals surface area contributed by atoms with Gasteiger partial charge in [-0.2, -0.15) is 11.3 Å². The molecule has 0 saturated heterocycles. The van der Waals surface area contributed by atoms with E-state index in [-0.39, 0.29) is 17.3 Å². The van der Waals surface area contributed by atoms with Crippen molar-refractivity contribution < 1.29 is 14.3 Å². The average Bonchev–Trinajstić information content (AvgIpc) is 3.47. The minimum atomic E-state index is -0.261. The highest BCUT2D eigenvalue weighted by molar-refractivity contribution is 7.10. The molecule has 0 N–H and O–H groups in total. The lowest BCUT2D eigenvalue weighted by Crippen LogP contribution is -2.18. The summed E-state index contributed by atoms with van der Waals surface area (Å²) in [6.45, 7) is 6.73. The van der Waals surface area contributed by atoms with E-state index >= 15 is 0 Å². The van der Waals surface area contributed by atoms with E-state index in [4.69, 9.17) is 9.47 Å². The molecular formula is C28H30O3S2. The van der Waals surface area contributed by atoms with Gasteiger partial charge in [-0.25, -0.2) is 0 Å². The van der Waals surface area contributed by atoms with E-state index in [1.807, 2.05) is 36.4 Å². The van der Waals surface area contributed by atoms with E-state index in [9.17, 15) is 4.79 Å². The third-order valence-electron chi connectivity index (χ3n) is 4.87. The molecule has 2 heterocycles. The van der Waals surface area contributed by atoms with Crippen LogP contribution in [-0.4, -0.2) is 13.1 Å². The number of hydrogen-bond donors (Lipinski definition) is 0. The third-order valence-corrected chi connectivity index (χ3v) is 6.47. The van der Waals surface area contributed by atoms with Gasteiger partial charge in [0.2, 0.25) is 0 Å². The van der Waals surface area contributed by atoms with Crippen LogP contribution in [0, 0.1) is 23.2 Å². The molecule has 0 fully saturated rings. The molecule has 2 aromatic heterocycles. The molecule has 3 aromatic rings. The molecule has 0 aliphatic carbocycles. The predicted octanol–water partition coefficient (Wildman–Crippen LogP) is 7.38. The number of ether oxygens (including phenoxy) is 2. The second kappa shape index (κ2) is 11.9. The zero-order chi connectivity index (χ0) is 23.7. The molecule has 1 aromatic carbocycles. The zero-order valence-electron chi connectivity index (χ0n) is 19.6. The van der Waals surface area contributed by atoms with Crippen LogP contribution in [0.2, 0.25) is 0 Å². The summed E-state index contributed by atoms with van der Waals surface area (Å²) in [5.41, 5.74) is 3.48. The topological polar surface area (TPSA) is 35.5 Å². The predicted molar refractivity (Wildman–Crippen MR) is 139 cm³/mol. The molecule has 172 valence electrons. The van der Waals surface area contributed by atoms with Gasteiger partial charge in [-0.05, 0) is 96.8 Å².